The Morgan fingerprint density at radius 3 is 1.26 bits per heavy atom. The molecular formula is C43H83NO5S. The molecule has 0 bridgehead atoms. The largest absolute Gasteiger partial charge is 0.387 e. The van der Waals surface area contributed by atoms with Crippen molar-refractivity contribution in [2.75, 3.05) is 5.75 Å². The molecule has 0 aromatic carbocycles. The summed E-state index contributed by atoms with van der Waals surface area (Å²) in [6.07, 6.45) is 47.4. The quantitative estimate of drug-likeness (QED) is 0.0332. The summed E-state index contributed by atoms with van der Waals surface area (Å²) < 4.78 is 32.5. The zero-order valence-corrected chi connectivity index (χ0v) is 33.8. The molecule has 296 valence electrons. The summed E-state index contributed by atoms with van der Waals surface area (Å²) in [5, 5.41) is 13.2. The van der Waals surface area contributed by atoms with Crippen LogP contribution in [0.4, 0.5) is 0 Å². The van der Waals surface area contributed by atoms with E-state index >= 15 is 0 Å². The lowest BCUT2D eigenvalue weighted by Gasteiger charge is -2.21. The zero-order chi connectivity index (χ0) is 36.8. The van der Waals surface area contributed by atoms with Crippen LogP contribution in [0.25, 0.3) is 0 Å². The standard InChI is InChI=1S/C43H83NO5S/c1-3-5-7-9-11-13-15-17-19-21-22-23-24-26-28-30-32-34-36-38-42(45)41(40-50(47,48)49)44-43(46)39-37-35-33-31-29-27-25-20-18-16-14-12-10-8-6-4-2/h28,30,36,38,41-42,45H,3-27,29,31-35,37,39-40H2,1-2H3,(H,44,46)(H,47,48,49)/b30-28+,38-36+. The van der Waals surface area contributed by atoms with E-state index in [1.54, 1.807) is 0 Å². The highest BCUT2D eigenvalue weighted by molar-refractivity contribution is 7.85. The van der Waals surface area contributed by atoms with Crippen LogP contribution in [0.1, 0.15) is 226 Å². The van der Waals surface area contributed by atoms with Crippen molar-refractivity contribution in [3.8, 4) is 0 Å². The Bertz CT molecular complexity index is 888. The minimum atomic E-state index is -4.35. The summed E-state index contributed by atoms with van der Waals surface area (Å²) in [6, 6.07) is -1.07. The molecule has 2 atom stereocenters. The van der Waals surface area contributed by atoms with Gasteiger partial charge in [0.2, 0.25) is 5.91 Å². The maximum absolute atomic E-state index is 12.5. The third kappa shape index (κ3) is 38.1. The van der Waals surface area contributed by atoms with Gasteiger partial charge in [0.15, 0.2) is 0 Å². The fourth-order valence-corrected chi connectivity index (χ4v) is 7.38. The summed E-state index contributed by atoms with van der Waals surface area (Å²) in [5.74, 6) is -0.991. The van der Waals surface area contributed by atoms with E-state index in [0.717, 1.165) is 38.5 Å². The second kappa shape index (κ2) is 37.6. The first-order valence-electron chi connectivity index (χ1n) is 21.5. The summed E-state index contributed by atoms with van der Waals surface area (Å²) >= 11 is 0. The molecule has 3 N–H and O–H groups in total. The van der Waals surface area contributed by atoms with Crippen molar-refractivity contribution in [2.24, 2.45) is 0 Å². The number of carbonyl (C=O) groups excluding carboxylic acids is 1. The van der Waals surface area contributed by atoms with Crippen molar-refractivity contribution in [1.82, 2.24) is 5.32 Å². The molecule has 0 aliphatic rings. The fraction of sp³-hybridized carbons (Fsp3) is 0.884. The summed E-state index contributed by atoms with van der Waals surface area (Å²) in [6.45, 7) is 4.53. The maximum atomic E-state index is 12.5. The van der Waals surface area contributed by atoms with Gasteiger partial charge in [0.1, 0.15) is 0 Å². The average Bonchev–Trinajstić information content (AvgIpc) is 3.08. The normalized spacial score (nSPS) is 13.4. The molecule has 50 heavy (non-hydrogen) atoms. The number of nitrogens with one attached hydrogen (secondary N) is 1. The fourth-order valence-electron chi connectivity index (χ4n) is 6.64. The maximum Gasteiger partial charge on any atom is 0.267 e. The Morgan fingerprint density at radius 1 is 0.520 bits per heavy atom. The van der Waals surface area contributed by atoms with Crippen molar-refractivity contribution in [1.29, 1.82) is 0 Å². The van der Waals surface area contributed by atoms with Crippen LogP contribution in [0.2, 0.25) is 0 Å². The molecule has 0 aliphatic heterocycles. The molecule has 7 heteroatoms. The van der Waals surface area contributed by atoms with E-state index in [-0.39, 0.29) is 5.91 Å². The monoisotopic (exact) mass is 726 g/mol. The second-order valence-electron chi connectivity index (χ2n) is 15.0. The van der Waals surface area contributed by atoms with E-state index in [4.69, 9.17) is 0 Å². The average molecular weight is 726 g/mol. The van der Waals surface area contributed by atoms with Crippen LogP contribution < -0.4 is 5.32 Å². The first kappa shape index (κ1) is 48.8. The zero-order valence-electron chi connectivity index (χ0n) is 33.0. The highest BCUT2D eigenvalue weighted by Crippen LogP contribution is 2.15. The molecule has 0 aromatic rings. The van der Waals surface area contributed by atoms with Gasteiger partial charge >= 0.3 is 0 Å². The van der Waals surface area contributed by atoms with Crippen molar-refractivity contribution < 1.29 is 22.9 Å². The van der Waals surface area contributed by atoms with Gasteiger partial charge in [-0.3, -0.25) is 9.35 Å². The molecule has 0 spiro atoms. The smallest absolute Gasteiger partial charge is 0.267 e. The van der Waals surface area contributed by atoms with Gasteiger partial charge in [-0.05, 0) is 32.1 Å². The Balaban J connectivity index is 3.92. The lowest BCUT2D eigenvalue weighted by molar-refractivity contribution is -0.122. The Kier molecular flexibility index (Phi) is 36.7. The number of hydrogen-bond acceptors (Lipinski definition) is 4. The molecule has 0 aromatic heterocycles. The van der Waals surface area contributed by atoms with Crippen molar-refractivity contribution >= 4 is 16.0 Å². The SMILES string of the molecule is CCCCCCCCCCCCCCC/C=C/CC/C=C/C(O)C(CS(=O)(=O)O)NC(=O)CCCCCCCCCCCCCCCCCC. The summed E-state index contributed by atoms with van der Waals surface area (Å²) in [4.78, 5) is 12.5. The van der Waals surface area contributed by atoms with E-state index in [0.29, 0.717) is 6.42 Å². The van der Waals surface area contributed by atoms with Gasteiger partial charge in [-0.25, -0.2) is 0 Å². The van der Waals surface area contributed by atoms with Crippen molar-refractivity contribution in [3.05, 3.63) is 24.3 Å². The highest BCUT2D eigenvalue weighted by Gasteiger charge is 2.24. The van der Waals surface area contributed by atoms with E-state index in [1.165, 1.54) is 173 Å². The van der Waals surface area contributed by atoms with Crippen LogP contribution in [-0.2, 0) is 14.9 Å². The molecular weight excluding hydrogens is 643 g/mol. The van der Waals surface area contributed by atoms with Crippen LogP contribution in [0.5, 0.6) is 0 Å². The van der Waals surface area contributed by atoms with Crippen molar-refractivity contribution in [3.63, 3.8) is 0 Å². The molecule has 1 amide bonds. The third-order valence-corrected chi connectivity index (χ3v) is 10.7. The van der Waals surface area contributed by atoms with Gasteiger partial charge in [-0.1, -0.05) is 212 Å². The highest BCUT2D eigenvalue weighted by atomic mass is 32.2. The molecule has 0 aliphatic carbocycles. The van der Waals surface area contributed by atoms with Gasteiger partial charge in [-0.2, -0.15) is 8.42 Å². The van der Waals surface area contributed by atoms with E-state index < -0.39 is 28.0 Å². The Labute approximate surface area is 311 Å². The lowest BCUT2D eigenvalue weighted by atomic mass is 10.0. The predicted molar refractivity (Wildman–Crippen MR) is 216 cm³/mol. The van der Waals surface area contributed by atoms with Crippen LogP contribution >= 0.6 is 0 Å². The number of aliphatic hydroxyl groups excluding tert-OH is 1. The van der Waals surface area contributed by atoms with Gasteiger partial charge in [0.25, 0.3) is 10.1 Å². The first-order chi connectivity index (χ1) is 24.3. The second-order valence-corrected chi connectivity index (χ2v) is 16.5. The Morgan fingerprint density at radius 2 is 0.860 bits per heavy atom. The van der Waals surface area contributed by atoms with E-state index in [2.05, 4.69) is 31.3 Å². The lowest BCUT2D eigenvalue weighted by Crippen LogP contribution is -2.46. The van der Waals surface area contributed by atoms with Gasteiger partial charge < -0.3 is 10.4 Å². The topological polar surface area (TPSA) is 104 Å². The molecule has 2 unspecified atom stereocenters. The minimum absolute atomic E-state index is 0.285. The number of hydrogen-bond donors (Lipinski definition) is 3. The van der Waals surface area contributed by atoms with Gasteiger partial charge in [0.05, 0.1) is 17.9 Å². The molecule has 0 rings (SSSR count). The van der Waals surface area contributed by atoms with Gasteiger partial charge in [-0.15, -0.1) is 0 Å². The molecule has 0 saturated carbocycles. The van der Waals surface area contributed by atoms with Crippen LogP contribution in [0.3, 0.4) is 0 Å². The van der Waals surface area contributed by atoms with E-state index in [9.17, 15) is 22.9 Å². The van der Waals surface area contributed by atoms with E-state index in [1.807, 2.05) is 6.08 Å². The van der Waals surface area contributed by atoms with Crippen molar-refractivity contribution in [2.45, 2.75) is 238 Å². The summed E-state index contributed by atoms with van der Waals surface area (Å²) in [7, 11) is -4.35. The molecule has 0 radical (unpaired) electrons. The number of aliphatic hydroxyl groups is 1. The van der Waals surface area contributed by atoms with Gasteiger partial charge in [0, 0.05) is 6.42 Å². The minimum Gasteiger partial charge on any atom is -0.387 e. The third-order valence-electron chi connectivity index (χ3n) is 9.88. The first-order valence-corrected chi connectivity index (χ1v) is 23.1. The number of unbranched alkanes of at least 4 members (excludes halogenated alkanes) is 29. The number of rotatable bonds is 39. The number of carbonyl (C=O) groups is 1. The molecule has 0 heterocycles. The summed E-state index contributed by atoms with van der Waals surface area (Å²) in [5.41, 5.74) is 0. The van der Waals surface area contributed by atoms with Crippen LogP contribution in [0, 0.1) is 0 Å². The van der Waals surface area contributed by atoms with Crippen LogP contribution in [-0.4, -0.2) is 41.9 Å². The number of amides is 1. The van der Waals surface area contributed by atoms with Crippen LogP contribution in [0.15, 0.2) is 24.3 Å². The Hall–Kier alpha value is -1.18. The molecule has 0 saturated heterocycles. The predicted octanol–water partition coefficient (Wildman–Crippen LogP) is 12.7. The number of allylic oxidation sites excluding steroid dienone is 3. The molecule has 6 nitrogen and oxygen atoms in total. The molecule has 0 fully saturated rings.